The second kappa shape index (κ2) is 18.4. The number of aromatic hydroxyl groups is 1. The summed E-state index contributed by atoms with van der Waals surface area (Å²) in [5.74, 6) is -0.334. The number of benzene rings is 1. The first-order valence-electron chi connectivity index (χ1n) is 10.5. The van der Waals surface area contributed by atoms with E-state index in [1.54, 1.807) is 0 Å². The second-order valence-corrected chi connectivity index (χ2v) is 6.55. The summed E-state index contributed by atoms with van der Waals surface area (Å²) in [6, 6.07) is 5.90. The van der Waals surface area contributed by atoms with Crippen molar-refractivity contribution in [2.75, 3.05) is 59.5 Å². The topological polar surface area (TPSA) is 83.5 Å². The molecule has 0 atom stereocenters. The first-order valence-corrected chi connectivity index (χ1v) is 10.5. The van der Waals surface area contributed by atoms with Crippen LogP contribution in [0.4, 0.5) is 0 Å². The molecule has 1 aromatic rings. The first kappa shape index (κ1) is 25.4. The van der Waals surface area contributed by atoms with Crippen molar-refractivity contribution in [2.24, 2.45) is 0 Å². The van der Waals surface area contributed by atoms with Crippen LogP contribution in [-0.2, 0) is 23.7 Å². The molecule has 0 heterocycles. The molecule has 0 spiro atoms. The molecule has 29 heavy (non-hydrogen) atoms. The highest BCUT2D eigenvalue weighted by molar-refractivity contribution is 5.89. The Balaban J connectivity index is 1.77. The zero-order valence-corrected chi connectivity index (χ0v) is 17.6. The van der Waals surface area contributed by atoms with E-state index in [9.17, 15) is 9.90 Å². The van der Waals surface area contributed by atoms with Gasteiger partial charge in [0.2, 0.25) is 0 Å². The first-order chi connectivity index (χ1) is 14.2. The number of carbonyl (C=O) groups is 1. The van der Waals surface area contributed by atoms with E-state index in [-0.39, 0.29) is 12.4 Å². The van der Waals surface area contributed by atoms with Gasteiger partial charge in [-0.15, -0.1) is 0 Å². The average molecular weight is 413 g/mol. The quantitative estimate of drug-likeness (QED) is 0.275. The Labute approximate surface area is 174 Å². The van der Waals surface area contributed by atoms with Crippen molar-refractivity contribution in [1.82, 2.24) is 0 Å². The van der Waals surface area contributed by atoms with Crippen LogP contribution in [0.2, 0.25) is 0 Å². The molecule has 0 radical (unpaired) electrons. The van der Waals surface area contributed by atoms with E-state index in [0.29, 0.717) is 51.8 Å². The van der Waals surface area contributed by atoms with Gasteiger partial charge in [0.05, 0.1) is 51.8 Å². The Hall–Kier alpha value is -1.67. The highest BCUT2D eigenvalue weighted by Crippen LogP contribution is 2.10. The molecule has 7 heteroatoms. The van der Waals surface area contributed by atoms with Crippen LogP contribution in [0, 0.1) is 0 Å². The molecule has 0 bridgehead atoms. The van der Waals surface area contributed by atoms with Gasteiger partial charge in [0.25, 0.3) is 0 Å². The van der Waals surface area contributed by atoms with E-state index >= 15 is 0 Å². The van der Waals surface area contributed by atoms with E-state index in [0.717, 1.165) is 13.0 Å². The Morgan fingerprint density at radius 3 is 1.72 bits per heavy atom. The Bertz CT molecular complexity index is 504. The maximum absolute atomic E-state index is 11.7. The van der Waals surface area contributed by atoms with Crippen LogP contribution >= 0.6 is 0 Å². The molecule has 0 unspecified atom stereocenters. The summed E-state index contributed by atoms with van der Waals surface area (Å²) < 4.78 is 26.8. The minimum absolute atomic E-state index is 0.108. The third-order valence-corrected chi connectivity index (χ3v) is 4.07. The Kier molecular flexibility index (Phi) is 16.1. The van der Waals surface area contributed by atoms with Gasteiger partial charge in [0, 0.05) is 6.61 Å². The summed E-state index contributed by atoms with van der Waals surface area (Å²) in [5, 5.41) is 9.18. The molecule has 7 nitrogen and oxygen atoms in total. The number of phenolic OH excluding ortho intramolecular Hbond substituents is 1. The highest BCUT2D eigenvalue weighted by atomic mass is 16.6. The Morgan fingerprint density at radius 1 is 0.690 bits per heavy atom. The third kappa shape index (κ3) is 14.9. The van der Waals surface area contributed by atoms with Gasteiger partial charge in [-0.3, -0.25) is 0 Å². The molecule has 0 amide bonds. The lowest BCUT2D eigenvalue weighted by molar-refractivity contribution is -0.00913. The number of hydrogen-bond donors (Lipinski definition) is 1. The molecule has 0 aliphatic rings. The molecule has 0 aromatic heterocycles. The lowest BCUT2D eigenvalue weighted by Crippen LogP contribution is -2.14. The van der Waals surface area contributed by atoms with Crippen molar-refractivity contribution >= 4 is 5.97 Å². The standard InChI is InChI=1S/C22H36O7/c1-2-3-4-5-6-11-25-12-13-26-14-15-27-16-17-28-18-19-29-22(24)20-7-9-21(23)10-8-20/h7-10,23H,2-6,11-19H2,1H3. The number of carbonyl (C=O) groups excluding carboxylic acids is 1. The van der Waals surface area contributed by atoms with Gasteiger partial charge < -0.3 is 28.8 Å². The molecule has 1 N–H and O–H groups in total. The van der Waals surface area contributed by atoms with Crippen LogP contribution in [0.1, 0.15) is 49.4 Å². The number of esters is 1. The predicted molar refractivity (Wildman–Crippen MR) is 110 cm³/mol. The smallest absolute Gasteiger partial charge is 0.338 e. The summed E-state index contributed by atoms with van der Waals surface area (Å²) in [6.07, 6.45) is 6.23. The maximum Gasteiger partial charge on any atom is 0.338 e. The van der Waals surface area contributed by atoms with Gasteiger partial charge >= 0.3 is 5.97 Å². The van der Waals surface area contributed by atoms with Gasteiger partial charge in [-0.2, -0.15) is 0 Å². The fraction of sp³-hybridized carbons (Fsp3) is 0.682. The van der Waals surface area contributed by atoms with Crippen molar-refractivity contribution < 1.29 is 33.6 Å². The van der Waals surface area contributed by atoms with Crippen LogP contribution in [0.15, 0.2) is 24.3 Å². The monoisotopic (exact) mass is 412 g/mol. The number of rotatable bonds is 19. The molecular formula is C22H36O7. The van der Waals surface area contributed by atoms with Crippen LogP contribution in [0.3, 0.4) is 0 Å². The molecule has 1 rings (SSSR count). The summed E-state index contributed by atoms with van der Waals surface area (Å²) in [7, 11) is 0. The van der Waals surface area contributed by atoms with Gasteiger partial charge in [-0.05, 0) is 30.7 Å². The maximum atomic E-state index is 11.7. The fourth-order valence-electron chi connectivity index (χ4n) is 2.44. The Morgan fingerprint density at radius 2 is 1.17 bits per heavy atom. The van der Waals surface area contributed by atoms with E-state index in [2.05, 4.69) is 6.92 Å². The van der Waals surface area contributed by atoms with Crippen molar-refractivity contribution in [3.05, 3.63) is 29.8 Å². The average Bonchev–Trinajstić information content (AvgIpc) is 2.73. The molecular weight excluding hydrogens is 376 g/mol. The number of unbranched alkanes of at least 4 members (excludes halogenated alkanes) is 4. The predicted octanol–water partition coefficient (Wildman–Crippen LogP) is 3.59. The van der Waals surface area contributed by atoms with E-state index in [4.69, 9.17) is 23.7 Å². The van der Waals surface area contributed by atoms with Gasteiger partial charge in [0.15, 0.2) is 0 Å². The van der Waals surface area contributed by atoms with Crippen LogP contribution in [0.5, 0.6) is 5.75 Å². The molecule has 166 valence electrons. The van der Waals surface area contributed by atoms with Gasteiger partial charge in [-0.1, -0.05) is 32.6 Å². The lowest BCUT2D eigenvalue weighted by atomic mass is 10.2. The molecule has 1 aromatic carbocycles. The zero-order valence-electron chi connectivity index (χ0n) is 17.6. The van der Waals surface area contributed by atoms with E-state index in [1.807, 2.05) is 0 Å². The lowest BCUT2D eigenvalue weighted by Gasteiger charge is -2.08. The van der Waals surface area contributed by atoms with Crippen molar-refractivity contribution in [3.63, 3.8) is 0 Å². The van der Waals surface area contributed by atoms with E-state index in [1.165, 1.54) is 49.9 Å². The minimum Gasteiger partial charge on any atom is -0.508 e. The molecule has 0 aliphatic carbocycles. The van der Waals surface area contributed by atoms with Gasteiger partial charge in [-0.25, -0.2) is 4.79 Å². The highest BCUT2D eigenvalue weighted by Gasteiger charge is 2.06. The summed E-state index contributed by atoms with van der Waals surface area (Å²) in [6.45, 7) is 6.64. The van der Waals surface area contributed by atoms with Crippen molar-refractivity contribution in [3.8, 4) is 5.75 Å². The van der Waals surface area contributed by atoms with Gasteiger partial charge in [0.1, 0.15) is 12.4 Å². The molecule has 0 aliphatic heterocycles. The molecule has 0 saturated heterocycles. The summed E-state index contributed by atoms with van der Waals surface area (Å²) >= 11 is 0. The normalized spacial score (nSPS) is 10.9. The number of phenols is 1. The van der Waals surface area contributed by atoms with Crippen LogP contribution in [0.25, 0.3) is 0 Å². The number of hydrogen-bond acceptors (Lipinski definition) is 7. The SMILES string of the molecule is CCCCCCCOCCOCCOCCOCCOC(=O)c1ccc(O)cc1. The van der Waals surface area contributed by atoms with Crippen molar-refractivity contribution in [2.45, 2.75) is 39.0 Å². The second-order valence-electron chi connectivity index (χ2n) is 6.55. The number of ether oxygens (including phenoxy) is 5. The van der Waals surface area contributed by atoms with Crippen molar-refractivity contribution in [1.29, 1.82) is 0 Å². The van der Waals surface area contributed by atoms with Crippen LogP contribution < -0.4 is 0 Å². The minimum atomic E-state index is -0.442. The van der Waals surface area contributed by atoms with E-state index < -0.39 is 5.97 Å². The summed E-state index contributed by atoms with van der Waals surface area (Å²) in [4.78, 5) is 11.7. The fourth-order valence-corrected chi connectivity index (χ4v) is 2.44. The summed E-state index contributed by atoms with van der Waals surface area (Å²) in [5.41, 5.74) is 0.392. The van der Waals surface area contributed by atoms with Crippen LogP contribution in [-0.4, -0.2) is 70.5 Å². The molecule has 0 fully saturated rings. The third-order valence-electron chi connectivity index (χ3n) is 4.07. The largest absolute Gasteiger partial charge is 0.508 e. The molecule has 0 saturated carbocycles. The zero-order chi connectivity index (χ0) is 21.0.